The summed E-state index contributed by atoms with van der Waals surface area (Å²) in [5.41, 5.74) is 2.41. The molecule has 0 saturated carbocycles. The van der Waals surface area contributed by atoms with Crippen LogP contribution in [0.4, 0.5) is 14.6 Å². The van der Waals surface area contributed by atoms with E-state index in [1.807, 2.05) is 11.0 Å². The summed E-state index contributed by atoms with van der Waals surface area (Å²) in [7, 11) is 1.65. The van der Waals surface area contributed by atoms with E-state index in [1.54, 1.807) is 22.2 Å². The second kappa shape index (κ2) is 7.73. The third-order valence-electron chi connectivity index (χ3n) is 6.66. The van der Waals surface area contributed by atoms with Gasteiger partial charge in [-0.1, -0.05) is 6.08 Å². The zero-order chi connectivity index (χ0) is 23.6. The Kier molecular flexibility index (Phi) is 4.76. The lowest BCUT2D eigenvalue weighted by atomic mass is 10.0. The summed E-state index contributed by atoms with van der Waals surface area (Å²) in [5.74, 6) is 0.250. The maximum atomic E-state index is 14.2. The predicted octanol–water partition coefficient (Wildman–Crippen LogP) is 2.54. The Morgan fingerprint density at radius 2 is 2.06 bits per heavy atom. The number of hydrogen-bond donors (Lipinski definition) is 1. The molecule has 4 aromatic rings. The van der Waals surface area contributed by atoms with Crippen molar-refractivity contribution in [3.8, 4) is 5.95 Å². The molecule has 2 atom stereocenters. The summed E-state index contributed by atoms with van der Waals surface area (Å²) in [6, 6.07) is 4.26. The first-order chi connectivity index (χ1) is 16.4. The first-order valence-electron chi connectivity index (χ1n) is 11.3. The fraction of sp³-hybridized carbons (Fsp3) is 0.391. The molecule has 6 rings (SSSR count). The molecule has 34 heavy (non-hydrogen) atoms. The van der Waals surface area contributed by atoms with Gasteiger partial charge < -0.3 is 10.0 Å². The Morgan fingerprint density at radius 3 is 2.79 bits per heavy atom. The molecule has 1 aromatic carbocycles. The number of halogens is 2. The van der Waals surface area contributed by atoms with E-state index in [0.717, 1.165) is 5.70 Å². The molecule has 0 radical (unpaired) electrons. The van der Waals surface area contributed by atoms with Crippen molar-refractivity contribution in [1.29, 1.82) is 0 Å². The quantitative estimate of drug-likeness (QED) is 0.498. The van der Waals surface area contributed by atoms with Crippen molar-refractivity contribution in [2.75, 3.05) is 18.0 Å². The molecule has 1 aliphatic carbocycles. The zero-order valence-corrected chi connectivity index (χ0v) is 18.5. The van der Waals surface area contributed by atoms with Crippen LogP contribution < -0.4 is 10.6 Å². The number of aromatic nitrogens is 6. The van der Waals surface area contributed by atoms with Crippen LogP contribution in [0.3, 0.4) is 0 Å². The van der Waals surface area contributed by atoms with Gasteiger partial charge in [0.1, 0.15) is 23.8 Å². The number of hydrogen-bond acceptors (Lipinski definition) is 6. The molecule has 0 bridgehead atoms. The highest BCUT2D eigenvalue weighted by atomic mass is 19.1. The number of alkyl halides is 1. The average molecular weight is 467 g/mol. The van der Waals surface area contributed by atoms with Gasteiger partial charge in [0.15, 0.2) is 11.5 Å². The number of rotatable bonds is 3. The van der Waals surface area contributed by atoms with Gasteiger partial charge in [-0.15, -0.1) is 0 Å². The van der Waals surface area contributed by atoms with Gasteiger partial charge in [0.05, 0.1) is 23.7 Å². The lowest BCUT2D eigenvalue weighted by Crippen LogP contribution is -2.24. The van der Waals surface area contributed by atoms with Crippen LogP contribution in [0, 0.1) is 5.82 Å². The summed E-state index contributed by atoms with van der Waals surface area (Å²) in [5, 5.41) is 9.92. The Labute approximate surface area is 192 Å². The topological polar surface area (TPSA) is 94.0 Å². The summed E-state index contributed by atoms with van der Waals surface area (Å²) in [6.07, 6.45) is 3.82. The fourth-order valence-corrected chi connectivity index (χ4v) is 4.86. The Bertz CT molecular complexity index is 1520. The molecule has 4 heterocycles. The first-order valence-corrected chi connectivity index (χ1v) is 11.3. The van der Waals surface area contributed by atoms with Gasteiger partial charge in [-0.2, -0.15) is 9.97 Å². The zero-order valence-electron chi connectivity index (χ0n) is 18.5. The molecule has 1 aliphatic heterocycles. The van der Waals surface area contributed by atoms with Crippen molar-refractivity contribution in [2.45, 2.75) is 38.0 Å². The average Bonchev–Trinajstić information content (AvgIpc) is 3.51. The lowest BCUT2D eigenvalue weighted by molar-refractivity contribution is 0.165. The first kappa shape index (κ1) is 21.0. The van der Waals surface area contributed by atoms with Crippen molar-refractivity contribution >= 4 is 33.7 Å². The largest absolute Gasteiger partial charge is 0.393 e. The van der Waals surface area contributed by atoms with Crippen LogP contribution in [0.2, 0.25) is 0 Å². The molecule has 1 N–H and O–H groups in total. The number of fused-ring (bicyclic) bond motifs is 2. The van der Waals surface area contributed by atoms with E-state index in [9.17, 15) is 18.7 Å². The molecule has 2 aliphatic rings. The number of allylic oxidation sites excluding steroid dienone is 1. The van der Waals surface area contributed by atoms with E-state index >= 15 is 0 Å². The number of benzene rings is 1. The van der Waals surface area contributed by atoms with Crippen LogP contribution in [-0.4, -0.2) is 59.1 Å². The van der Waals surface area contributed by atoms with E-state index < -0.39 is 18.1 Å². The van der Waals surface area contributed by atoms with Crippen molar-refractivity contribution in [2.24, 2.45) is 7.05 Å². The smallest absolute Gasteiger partial charge is 0.334 e. The monoisotopic (exact) mass is 467 g/mol. The summed E-state index contributed by atoms with van der Waals surface area (Å²) < 4.78 is 32.8. The van der Waals surface area contributed by atoms with E-state index in [4.69, 9.17) is 9.97 Å². The summed E-state index contributed by atoms with van der Waals surface area (Å²) in [4.78, 5) is 29.0. The number of anilines is 1. The van der Waals surface area contributed by atoms with Gasteiger partial charge in [0.2, 0.25) is 5.95 Å². The highest BCUT2D eigenvalue weighted by Gasteiger charge is 2.30. The molecular formula is C23H23F2N7O2. The highest BCUT2D eigenvalue weighted by Crippen LogP contribution is 2.31. The second-order valence-electron chi connectivity index (χ2n) is 8.90. The Hall–Kier alpha value is -3.60. The van der Waals surface area contributed by atoms with Gasteiger partial charge in [-0.05, 0) is 37.8 Å². The van der Waals surface area contributed by atoms with Crippen LogP contribution in [0.5, 0.6) is 0 Å². The van der Waals surface area contributed by atoms with Crippen molar-refractivity contribution in [3.05, 3.63) is 46.9 Å². The van der Waals surface area contributed by atoms with Crippen molar-refractivity contribution in [1.82, 2.24) is 28.7 Å². The molecule has 2 unspecified atom stereocenters. The molecule has 11 heteroatoms. The predicted molar refractivity (Wildman–Crippen MR) is 123 cm³/mol. The Morgan fingerprint density at radius 1 is 1.21 bits per heavy atom. The second-order valence-corrected chi connectivity index (χ2v) is 8.90. The third-order valence-corrected chi connectivity index (χ3v) is 6.66. The van der Waals surface area contributed by atoms with E-state index in [-0.39, 0.29) is 18.2 Å². The van der Waals surface area contributed by atoms with E-state index in [0.29, 0.717) is 60.2 Å². The molecule has 9 nitrogen and oxygen atoms in total. The van der Waals surface area contributed by atoms with E-state index in [2.05, 4.69) is 4.98 Å². The maximum Gasteiger partial charge on any atom is 0.334 e. The molecule has 3 aromatic heterocycles. The van der Waals surface area contributed by atoms with Crippen LogP contribution >= 0.6 is 0 Å². The fourth-order valence-electron chi connectivity index (χ4n) is 4.86. The van der Waals surface area contributed by atoms with Gasteiger partial charge in [0, 0.05) is 25.4 Å². The number of aliphatic hydroxyl groups is 1. The van der Waals surface area contributed by atoms with Crippen LogP contribution in [0.25, 0.3) is 33.8 Å². The van der Waals surface area contributed by atoms with Crippen molar-refractivity contribution < 1.29 is 13.9 Å². The standard InChI is InChI=1S/C23H23F2N7O2/c1-29-19-20(30-9-8-14(25)11-30)27-22(31-12-26-17-7-2-13(24)10-18(17)31)28-21(19)32(23(29)34)15-3-5-16(33)6-4-15/h2-3,7,10,12,14,16,33H,4-6,8-9,11H2,1H3. The minimum Gasteiger partial charge on any atom is -0.393 e. The minimum atomic E-state index is -0.988. The van der Waals surface area contributed by atoms with Gasteiger partial charge >= 0.3 is 5.69 Å². The molecular weight excluding hydrogens is 444 g/mol. The minimum absolute atomic E-state index is 0.166. The molecule has 176 valence electrons. The molecule has 1 fully saturated rings. The van der Waals surface area contributed by atoms with E-state index in [1.165, 1.54) is 23.0 Å². The third kappa shape index (κ3) is 3.22. The van der Waals surface area contributed by atoms with Crippen LogP contribution in [0.15, 0.2) is 35.4 Å². The highest BCUT2D eigenvalue weighted by molar-refractivity contribution is 5.88. The Balaban J connectivity index is 1.64. The number of aryl methyl sites for hydroxylation is 1. The molecule has 0 spiro atoms. The number of aliphatic hydroxyl groups excluding tert-OH is 1. The van der Waals surface area contributed by atoms with Gasteiger partial charge in [-0.25, -0.2) is 23.1 Å². The van der Waals surface area contributed by atoms with Gasteiger partial charge in [-0.3, -0.25) is 9.13 Å². The normalized spacial score (nSPS) is 21.1. The molecule has 1 saturated heterocycles. The number of imidazole rings is 2. The summed E-state index contributed by atoms with van der Waals surface area (Å²) in [6.45, 7) is 0.624. The van der Waals surface area contributed by atoms with Crippen LogP contribution in [-0.2, 0) is 7.05 Å². The van der Waals surface area contributed by atoms with Gasteiger partial charge in [0.25, 0.3) is 0 Å². The SMILES string of the molecule is Cn1c(=O)n(C2=CCC(O)CC2)c2nc(-n3cnc4ccc(F)cc43)nc(N3CCC(F)C3)c21. The van der Waals surface area contributed by atoms with Crippen LogP contribution in [0.1, 0.15) is 25.7 Å². The number of nitrogens with zero attached hydrogens (tertiary/aromatic N) is 7. The summed E-state index contributed by atoms with van der Waals surface area (Å²) >= 11 is 0. The maximum absolute atomic E-state index is 14.2. The van der Waals surface area contributed by atoms with Crippen molar-refractivity contribution in [3.63, 3.8) is 0 Å². The molecule has 0 amide bonds. The lowest BCUT2D eigenvalue weighted by Gasteiger charge is -2.20.